The van der Waals surface area contributed by atoms with Gasteiger partial charge in [-0.3, -0.25) is 0 Å². The van der Waals surface area contributed by atoms with Gasteiger partial charge in [-0.15, -0.1) is 0 Å². The van der Waals surface area contributed by atoms with E-state index < -0.39 is 0 Å². The lowest BCUT2D eigenvalue weighted by Crippen LogP contribution is -2.06. The third-order valence-corrected chi connectivity index (χ3v) is 5.45. The van der Waals surface area contributed by atoms with Crippen LogP contribution in [0.15, 0.2) is 82.2 Å². The molecule has 0 aliphatic carbocycles. The predicted octanol–water partition coefficient (Wildman–Crippen LogP) is 7.00. The zero-order chi connectivity index (χ0) is 23.9. The van der Waals surface area contributed by atoms with E-state index in [1.165, 1.54) is 5.56 Å². The van der Waals surface area contributed by atoms with Crippen molar-refractivity contribution in [3.05, 3.63) is 89.3 Å². The standard InChI is InChI=1S/C29H29NO4/c1-4-6-17-33-29(31)22-11-13-23(14-12-22)30-26-19-28(21-9-7-20(3)8-10-21)34-27-16-15-24(32-5-2)18-25(26)27/h7-16,18-19H,4-6,17H2,1-3H3. The fraction of sp³-hybridized carbons (Fsp3) is 0.241. The van der Waals surface area contributed by atoms with Crippen molar-refractivity contribution in [3.8, 4) is 17.1 Å². The van der Waals surface area contributed by atoms with Gasteiger partial charge in [0.05, 0.1) is 29.8 Å². The Kier molecular flexibility index (Phi) is 7.43. The molecule has 5 heteroatoms. The first-order valence-electron chi connectivity index (χ1n) is 11.7. The van der Waals surface area contributed by atoms with Crippen LogP contribution in [0.2, 0.25) is 0 Å². The molecule has 0 spiro atoms. The zero-order valence-corrected chi connectivity index (χ0v) is 19.8. The van der Waals surface area contributed by atoms with Crippen molar-refractivity contribution >= 4 is 22.6 Å². The summed E-state index contributed by atoms with van der Waals surface area (Å²) < 4.78 is 17.2. The molecule has 34 heavy (non-hydrogen) atoms. The van der Waals surface area contributed by atoms with Crippen LogP contribution in [0.1, 0.15) is 42.6 Å². The second kappa shape index (κ2) is 10.8. The van der Waals surface area contributed by atoms with Crippen molar-refractivity contribution in [3.63, 3.8) is 0 Å². The highest BCUT2D eigenvalue weighted by atomic mass is 16.5. The Morgan fingerprint density at radius 2 is 1.71 bits per heavy atom. The molecule has 0 amide bonds. The first-order valence-corrected chi connectivity index (χ1v) is 11.7. The van der Waals surface area contributed by atoms with Crippen molar-refractivity contribution in [2.45, 2.75) is 33.6 Å². The second-order valence-electron chi connectivity index (χ2n) is 8.10. The summed E-state index contributed by atoms with van der Waals surface area (Å²) in [4.78, 5) is 17.1. The van der Waals surface area contributed by atoms with Crippen LogP contribution in [0.3, 0.4) is 0 Å². The molecule has 0 aliphatic rings. The SMILES string of the molecule is CCCCOC(=O)c1ccc(N=c2cc(-c3ccc(C)cc3)oc3ccc(OCC)cc23)cc1. The molecule has 0 saturated carbocycles. The third-order valence-electron chi connectivity index (χ3n) is 5.45. The van der Waals surface area contributed by atoms with Gasteiger partial charge in [-0.25, -0.2) is 9.79 Å². The molecule has 4 aromatic rings. The van der Waals surface area contributed by atoms with Gasteiger partial charge in [-0.2, -0.15) is 0 Å². The minimum Gasteiger partial charge on any atom is -0.494 e. The fourth-order valence-electron chi connectivity index (χ4n) is 3.56. The maximum Gasteiger partial charge on any atom is 0.338 e. The first-order chi connectivity index (χ1) is 16.6. The Morgan fingerprint density at radius 3 is 2.41 bits per heavy atom. The van der Waals surface area contributed by atoms with Gasteiger partial charge in [0.25, 0.3) is 0 Å². The lowest BCUT2D eigenvalue weighted by Gasteiger charge is -2.08. The molecule has 5 nitrogen and oxygen atoms in total. The van der Waals surface area contributed by atoms with E-state index in [9.17, 15) is 4.79 Å². The molecule has 4 rings (SSSR count). The quantitative estimate of drug-likeness (QED) is 0.212. The lowest BCUT2D eigenvalue weighted by atomic mass is 10.1. The van der Waals surface area contributed by atoms with Gasteiger partial charge in [0.1, 0.15) is 17.1 Å². The molecule has 1 aromatic heterocycles. The fourth-order valence-corrected chi connectivity index (χ4v) is 3.56. The first kappa shape index (κ1) is 23.3. The van der Waals surface area contributed by atoms with E-state index in [2.05, 4.69) is 26.0 Å². The van der Waals surface area contributed by atoms with Gasteiger partial charge in [-0.1, -0.05) is 43.2 Å². The predicted molar refractivity (Wildman–Crippen MR) is 134 cm³/mol. The van der Waals surface area contributed by atoms with Crippen molar-refractivity contribution in [1.29, 1.82) is 0 Å². The number of fused-ring (bicyclic) bond motifs is 1. The van der Waals surface area contributed by atoms with Crippen LogP contribution in [-0.4, -0.2) is 19.2 Å². The number of unbranched alkanes of at least 4 members (excludes halogenated alkanes) is 1. The highest BCUT2D eigenvalue weighted by Crippen LogP contribution is 2.26. The summed E-state index contributed by atoms with van der Waals surface area (Å²) in [5.74, 6) is 1.17. The Hall–Kier alpha value is -3.86. The summed E-state index contributed by atoms with van der Waals surface area (Å²) in [6, 6.07) is 23.0. The molecule has 0 bridgehead atoms. The zero-order valence-electron chi connectivity index (χ0n) is 19.8. The Bertz CT molecular complexity index is 1340. The van der Waals surface area contributed by atoms with Gasteiger partial charge < -0.3 is 13.9 Å². The van der Waals surface area contributed by atoms with Crippen LogP contribution < -0.4 is 10.1 Å². The van der Waals surface area contributed by atoms with Crippen molar-refractivity contribution in [2.75, 3.05) is 13.2 Å². The molecule has 0 radical (unpaired) electrons. The van der Waals surface area contributed by atoms with Crippen LogP contribution >= 0.6 is 0 Å². The number of carbonyl (C=O) groups is 1. The topological polar surface area (TPSA) is 61.0 Å². The molecule has 0 saturated heterocycles. The number of nitrogens with zero attached hydrogens (tertiary/aromatic N) is 1. The third kappa shape index (κ3) is 5.54. The Morgan fingerprint density at radius 1 is 0.941 bits per heavy atom. The van der Waals surface area contributed by atoms with Gasteiger partial charge in [0.2, 0.25) is 0 Å². The maximum absolute atomic E-state index is 12.2. The second-order valence-corrected chi connectivity index (χ2v) is 8.10. The van der Waals surface area contributed by atoms with Gasteiger partial charge in [0.15, 0.2) is 0 Å². The van der Waals surface area contributed by atoms with E-state index in [0.29, 0.717) is 18.8 Å². The molecular weight excluding hydrogens is 426 g/mol. The highest BCUT2D eigenvalue weighted by molar-refractivity contribution is 5.89. The average molecular weight is 456 g/mol. The molecule has 3 aromatic carbocycles. The van der Waals surface area contributed by atoms with E-state index in [1.54, 1.807) is 12.1 Å². The molecule has 0 aliphatic heterocycles. The molecular formula is C29H29NO4. The summed E-state index contributed by atoms with van der Waals surface area (Å²) in [7, 11) is 0. The van der Waals surface area contributed by atoms with E-state index in [1.807, 2.05) is 55.5 Å². The summed E-state index contributed by atoms with van der Waals surface area (Å²) in [5.41, 5.74) is 4.12. The number of hydrogen-bond acceptors (Lipinski definition) is 5. The number of esters is 1. The van der Waals surface area contributed by atoms with Crippen LogP contribution in [0, 0.1) is 6.92 Å². The highest BCUT2D eigenvalue weighted by Gasteiger charge is 2.09. The lowest BCUT2D eigenvalue weighted by molar-refractivity contribution is 0.0500. The van der Waals surface area contributed by atoms with Crippen LogP contribution in [-0.2, 0) is 4.74 Å². The van der Waals surface area contributed by atoms with Crippen molar-refractivity contribution in [2.24, 2.45) is 4.99 Å². The minimum atomic E-state index is -0.313. The van der Waals surface area contributed by atoms with Crippen LogP contribution in [0.25, 0.3) is 22.3 Å². The van der Waals surface area contributed by atoms with Gasteiger partial charge in [0, 0.05) is 17.0 Å². The van der Waals surface area contributed by atoms with Crippen LogP contribution in [0.5, 0.6) is 5.75 Å². The van der Waals surface area contributed by atoms with Crippen molar-refractivity contribution < 1.29 is 18.7 Å². The van der Waals surface area contributed by atoms with Crippen molar-refractivity contribution in [1.82, 2.24) is 0 Å². The minimum absolute atomic E-state index is 0.313. The number of ether oxygens (including phenoxy) is 2. The van der Waals surface area contributed by atoms with Gasteiger partial charge in [-0.05, 0) is 62.7 Å². The van der Waals surface area contributed by atoms with E-state index in [-0.39, 0.29) is 5.97 Å². The average Bonchev–Trinajstić information content (AvgIpc) is 2.85. The molecule has 0 unspecified atom stereocenters. The van der Waals surface area contributed by atoms with E-state index >= 15 is 0 Å². The molecule has 174 valence electrons. The largest absolute Gasteiger partial charge is 0.494 e. The monoisotopic (exact) mass is 455 g/mol. The Labute approximate surface area is 199 Å². The molecule has 0 fully saturated rings. The number of benzene rings is 3. The number of hydrogen-bond donors (Lipinski definition) is 0. The van der Waals surface area contributed by atoms with E-state index in [0.717, 1.165) is 51.9 Å². The number of rotatable bonds is 8. The maximum atomic E-state index is 12.2. The van der Waals surface area contributed by atoms with E-state index in [4.69, 9.17) is 18.9 Å². The summed E-state index contributed by atoms with van der Waals surface area (Å²) >= 11 is 0. The smallest absolute Gasteiger partial charge is 0.338 e. The molecule has 1 heterocycles. The number of carbonyl (C=O) groups excluding carboxylic acids is 1. The molecule has 0 atom stereocenters. The van der Waals surface area contributed by atoms with Crippen LogP contribution in [0.4, 0.5) is 5.69 Å². The summed E-state index contributed by atoms with van der Waals surface area (Å²) in [6.07, 6.45) is 1.84. The summed E-state index contributed by atoms with van der Waals surface area (Å²) in [5, 5.41) is 1.61. The normalized spacial score (nSPS) is 11.6. The Balaban J connectivity index is 1.76. The summed E-state index contributed by atoms with van der Waals surface area (Å²) in [6.45, 7) is 7.08. The van der Waals surface area contributed by atoms with Gasteiger partial charge >= 0.3 is 5.97 Å². The number of aryl methyl sites for hydroxylation is 1. The molecule has 0 N–H and O–H groups in total.